The Morgan fingerprint density at radius 3 is 2.67 bits per heavy atom. The topological polar surface area (TPSA) is 40.5 Å². The van der Waals surface area contributed by atoms with Crippen LogP contribution in [0.1, 0.15) is 25.8 Å². The van der Waals surface area contributed by atoms with Crippen LogP contribution in [0.4, 0.5) is 4.39 Å². The smallest absolute Gasteiger partial charge is 0.304 e. The first-order valence-corrected chi connectivity index (χ1v) is 6.59. The lowest BCUT2D eigenvalue weighted by atomic mass is 10.1. The number of hydrogen-bond donors (Lipinski definition) is 1. The fraction of sp³-hybridized carbons (Fsp3) is 0.462. The fourth-order valence-electron chi connectivity index (χ4n) is 1.63. The van der Waals surface area contributed by atoms with Gasteiger partial charge in [0.15, 0.2) is 0 Å². The standard InChI is InChI=1S/C13H17BrFNO2/c1-9(2)16(6-5-13(17)18)8-10-3-4-11(14)7-12(10)15/h3-4,7,9H,5-6,8H2,1-2H3,(H,17,18). The van der Waals surface area contributed by atoms with Crippen molar-refractivity contribution in [3.63, 3.8) is 0 Å². The lowest BCUT2D eigenvalue weighted by Gasteiger charge is -2.26. The number of carboxylic acids is 1. The largest absolute Gasteiger partial charge is 0.481 e. The minimum Gasteiger partial charge on any atom is -0.481 e. The zero-order valence-corrected chi connectivity index (χ0v) is 12.1. The Morgan fingerprint density at radius 1 is 1.50 bits per heavy atom. The molecule has 0 aromatic heterocycles. The predicted octanol–water partition coefficient (Wildman–Crippen LogP) is 3.27. The van der Waals surface area contributed by atoms with Gasteiger partial charge in [-0.05, 0) is 26.0 Å². The summed E-state index contributed by atoms with van der Waals surface area (Å²) in [7, 11) is 0. The predicted molar refractivity (Wildman–Crippen MR) is 71.9 cm³/mol. The molecule has 0 atom stereocenters. The van der Waals surface area contributed by atoms with Crippen LogP contribution in [0.3, 0.4) is 0 Å². The molecule has 0 fully saturated rings. The summed E-state index contributed by atoms with van der Waals surface area (Å²) in [4.78, 5) is 12.5. The van der Waals surface area contributed by atoms with E-state index in [1.54, 1.807) is 12.1 Å². The Hall–Kier alpha value is -0.940. The summed E-state index contributed by atoms with van der Waals surface area (Å²) >= 11 is 3.21. The van der Waals surface area contributed by atoms with Crippen molar-refractivity contribution in [3.05, 3.63) is 34.1 Å². The van der Waals surface area contributed by atoms with E-state index in [4.69, 9.17) is 5.11 Å². The Balaban J connectivity index is 2.73. The molecule has 0 saturated carbocycles. The minimum atomic E-state index is -0.836. The third-order valence-corrected chi connectivity index (χ3v) is 3.22. The number of hydrogen-bond acceptors (Lipinski definition) is 2. The number of nitrogens with zero attached hydrogens (tertiary/aromatic N) is 1. The van der Waals surface area contributed by atoms with Crippen molar-refractivity contribution < 1.29 is 14.3 Å². The van der Waals surface area contributed by atoms with Crippen LogP contribution in [-0.4, -0.2) is 28.6 Å². The van der Waals surface area contributed by atoms with Crippen LogP contribution < -0.4 is 0 Å². The van der Waals surface area contributed by atoms with Crippen molar-refractivity contribution in [2.75, 3.05) is 6.54 Å². The van der Waals surface area contributed by atoms with Crippen LogP contribution in [0.15, 0.2) is 22.7 Å². The first kappa shape index (κ1) is 15.1. The van der Waals surface area contributed by atoms with E-state index in [1.807, 2.05) is 18.7 Å². The molecule has 0 saturated heterocycles. The number of benzene rings is 1. The Bertz CT molecular complexity index is 423. The molecule has 100 valence electrons. The summed E-state index contributed by atoms with van der Waals surface area (Å²) < 4.78 is 14.4. The number of aliphatic carboxylic acids is 1. The maximum Gasteiger partial charge on any atom is 0.304 e. The fourth-order valence-corrected chi connectivity index (χ4v) is 1.96. The van der Waals surface area contributed by atoms with Crippen LogP contribution in [0.2, 0.25) is 0 Å². The SMILES string of the molecule is CC(C)N(CCC(=O)O)Cc1ccc(Br)cc1F. The van der Waals surface area contributed by atoms with Crippen LogP contribution in [0.25, 0.3) is 0 Å². The average Bonchev–Trinajstić information content (AvgIpc) is 2.26. The molecule has 0 amide bonds. The maximum absolute atomic E-state index is 13.7. The second-order valence-electron chi connectivity index (χ2n) is 4.44. The number of carboxylic acid groups (broad SMARTS) is 1. The molecule has 1 aromatic rings. The van der Waals surface area contributed by atoms with Crippen LogP contribution in [0, 0.1) is 5.82 Å². The molecule has 0 aliphatic carbocycles. The van der Waals surface area contributed by atoms with Gasteiger partial charge in [-0.2, -0.15) is 0 Å². The third-order valence-electron chi connectivity index (χ3n) is 2.73. The maximum atomic E-state index is 13.7. The number of rotatable bonds is 6. The van der Waals surface area contributed by atoms with Gasteiger partial charge in [0, 0.05) is 29.2 Å². The van der Waals surface area contributed by atoms with Gasteiger partial charge in [0.1, 0.15) is 5.82 Å². The van der Waals surface area contributed by atoms with Gasteiger partial charge in [0.25, 0.3) is 0 Å². The van der Waals surface area contributed by atoms with Gasteiger partial charge in [-0.1, -0.05) is 22.0 Å². The Kier molecular flexibility index (Phi) is 5.75. The van der Waals surface area contributed by atoms with E-state index in [0.717, 1.165) is 0 Å². The number of halogens is 2. The molecule has 0 radical (unpaired) electrons. The third kappa shape index (κ3) is 4.74. The summed E-state index contributed by atoms with van der Waals surface area (Å²) in [5, 5.41) is 8.69. The Labute approximate surface area is 115 Å². The van der Waals surface area contributed by atoms with Gasteiger partial charge >= 0.3 is 5.97 Å². The van der Waals surface area contributed by atoms with Gasteiger partial charge in [0.2, 0.25) is 0 Å². The summed E-state index contributed by atoms with van der Waals surface area (Å²) in [6.45, 7) is 4.78. The highest BCUT2D eigenvalue weighted by molar-refractivity contribution is 9.10. The highest BCUT2D eigenvalue weighted by atomic mass is 79.9. The van der Waals surface area contributed by atoms with Crippen LogP contribution in [-0.2, 0) is 11.3 Å². The first-order chi connectivity index (χ1) is 8.40. The molecule has 1 aromatic carbocycles. The molecule has 5 heteroatoms. The van der Waals surface area contributed by atoms with E-state index < -0.39 is 5.97 Å². The molecule has 0 aliphatic rings. The molecule has 18 heavy (non-hydrogen) atoms. The van der Waals surface area contributed by atoms with E-state index in [1.165, 1.54) is 6.07 Å². The molecule has 0 heterocycles. The van der Waals surface area contributed by atoms with E-state index in [9.17, 15) is 9.18 Å². The molecule has 1 N–H and O–H groups in total. The summed E-state index contributed by atoms with van der Waals surface area (Å²) in [5.74, 6) is -1.11. The molecule has 0 bridgehead atoms. The molecule has 0 unspecified atom stereocenters. The van der Waals surface area contributed by atoms with Crippen molar-refractivity contribution in [3.8, 4) is 0 Å². The van der Waals surface area contributed by atoms with Gasteiger partial charge in [-0.25, -0.2) is 4.39 Å². The van der Waals surface area contributed by atoms with E-state index >= 15 is 0 Å². The second kappa shape index (κ2) is 6.85. The highest BCUT2D eigenvalue weighted by Gasteiger charge is 2.14. The number of carbonyl (C=O) groups is 1. The second-order valence-corrected chi connectivity index (χ2v) is 5.36. The van der Waals surface area contributed by atoms with Crippen LogP contribution >= 0.6 is 15.9 Å². The summed E-state index contributed by atoms with van der Waals surface area (Å²) in [6.07, 6.45) is 0.0658. The quantitative estimate of drug-likeness (QED) is 0.875. The molecule has 0 spiro atoms. The minimum absolute atomic E-state index is 0.0658. The average molecular weight is 318 g/mol. The summed E-state index contributed by atoms with van der Waals surface area (Å²) in [6, 6.07) is 5.10. The van der Waals surface area contributed by atoms with Gasteiger partial charge in [-0.3, -0.25) is 9.69 Å². The normalized spacial score (nSPS) is 11.2. The molecule has 3 nitrogen and oxygen atoms in total. The van der Waals surface area contributed by atoms with Gasteiger partial charge < -0.3 is 5.11 Å². The first-order valence-electron chi connectivity index (χ1n) is 5.80. The van der Waals surface area contributed by atoms with Crippen molar-refractivity contribution in [2.24, 2.45) is 0 Å². The Morgan fingerprint density at radius 2 is 2.17 bits per heavy atom. The monoisotopic (exact) mass is 317 g/mol. The zero-order chi connectivity index (χ0) is 13.7. The molecule has 0 aliphatic heterocycles. The van der Waals surface area contributed by atoms with Crippen molar-refractivity contribution in [1.29, 1.82) is 0 Å². The van der Waals surface area contributed by atoms with E-state index in [0.29, 0.717) is 23.1 Å². The van der Waals surface area contributed by atoms with Crippen molar-refractivity contribution in [2.45, 2.75) is 32.9 Å². The van der Waals surface area contributed by atoms with Crippen molar-refractivity contribution in [1.82, 2.24) is 4.90 Å². The highest BCUT2D eigenvalue weighted by Crippen LogP contribution is 2.17. The lowest BCUT2D eigenvalue weighted by molar-refractivity contribution is -0.137. The zero-order valence-electron chi connectivity index (χ0n) is 10.5. The van der Waals surface area contributed by atoms with Gasteiger partial charge in [0.05, 0.1) is 6.42 Å². The van der Waals surface area contributed by atoms with Crippen molar-refractivity contribution >= 4 is 21.9 Å². The van der Waals surface area contributed by atoms with E-state index in [2.05, 4.69) is 15.9 Å². The van der Waals surface area contributed by atoms with Gasteiger partial charge in [-0.15, -0.1) is 0 Å². The van der Waals surface area contributed by atoms with Crippen LogP contribution in [0.5, 0.6) is 0 Å². The lowest BCUT2D eigenvalue weighted by Crippen LogP contribution is -2.32. The summed E-state index contributed by atoms with van der Waals surface area (Å²) in [5.41, 5.74) is 0.581. The molecular weight excluding hydrogens is 301 g/mol. The van der Waals surface area contributed by atoms with E-state index in [-0.39, 0.29) is 18.3 Å². The molecule has 1 rings (SSSR count). The molecular formula is C13H17BrFNO2.